The van der Waals surface area contributed by atoms with Gasteiger partial charge in [0, 0.05) is 42.0 Å². The van der Waals surface area contributed by atoms with Crippen molar-refractivity contribution >= 4 is 28.4 Å². The van der Waals surface area contributed by atoms with Crippen LogP contribution >= 0.6 is 0 Å². The van der Waals surface area contributed by atoms with Crippen LogP contribution in [-0.4, -0.2) is 27.7 Å². The molecule has 0 spiro atoms. The molecule has 152 valence electrons. The van der Waals surface area contributed by atoms with E-state index in [1.54, 1.807) is 19.3 Å². The molecule has 5 nitrogen and oxygen atoms in total. The number of halogens is 1. The number of hydrogen-bond acceptors (Lipinski definition) is 4. The Kier molecular flexibility index (Phi) is 5.35. The summed E-state index contributed by atoms with van der Waals surface area (Å²) < 4.78 is 15.1. The van der Waals surface area contributed by atoms with Gasteiger partial charge in [-0.1, -0.05) is 26.7 Å². The number of nitrogens with zero attached hydrogens (tertiary/aromatic N) is 3. The predicted octanol–water partition coefficient (Wildman–Crippen LogP) is 6.21. The Morgan fingerprint density at radius 2 is 1.97 bits per heavy atom. The van der Waals surface area contributed by atoms with Gasteiger partial charge in [0.25, 0.3) is 0 Å². The number of aromatic nitrogens is 3. The Bertz CT molecular complexity index is 1060. The molecule has 0 saturated heterocycles. The highest BCUT2D eigenvalue weighted by Crippen LogP contribution is 2.46. The number of rotatable bonds is 7. The Hall–Kier alpha value is -2.76. The van der Waals surface area contributed by atoms with E-state index in [0.29, 0.717) is 17.6 Å². The Morgan fingerprint density at radius 1 is 1.21 bits per heavy atom. The zero-order valence-electron chi connectivity index (χ0n) is 17.5. The second-order valence-electron chi connectivity index (χ2n) is 7.87. The van der Waals surface area contributed by atoms with Gasteiger partial charge in [0.15, 0.2) is 0 Å². The van der Waals surface area contributed by atoms with E-state index in [0.717, 1.165) is 59.1 Å². The summed E-state index contributed by atoms with van der Waals surface area (Å²) in [4.78, 5) is 16.6. The standard InChI is InChI=1S/C23H28FN5/c1-5-7-14(8-6-2)20-13(3)28-21-16(20)9-15(10-19(21)24)17-11-26-22-18(17)12-27-23(25-4)29-22/h9-12,14,20H,5-8H2,1-4H3,(H2,25,26,27,29). The first-order valence-electron chi connectivity index (χ1n) is 10.5. The van der Waals surface area contributed by atoms with Crippen LogP contribution in [0.3, 0.4) is 0 Å². The van der Waals surface area contributed by atoms with Crippen LogP contribution in [0.1, 0.15) is 57.9 Å². The summed E-state index contributed by atoms with van der Waals surface area (Å²) in [6.07, 6.45) is 8.17. The molecular formula is C23H28FN5. The summed E-state index contributed by atoms with van der Waals surface area (Å²) in [5.74, 6) is 0.983. The fourth-order valence-electron chi connectivity index (χ4n) is 4.68. The van der Waals surface area contributed by atoms with Crippen molar-refractivity contribution in [3.63, 3.8) is 0 Å². The van der Waals surface area contributed by atoms with E-state index in [4.69, 9.17) is 0 Å². The summed E-state index contributed by atoms with van der Waals surface area (Å²) in [7, 11) is 1.78. The molecule has 4 rings (SSSR count). The second-order valence-corrected chi connectivity index (χ2v) is 7.87. The van der Waals surface area contributed by atoms with Crippen molar-refractivity contribution in [1.29, 1.82) is 0 Å². The Labute approximate surface area is 170 Å². The summed E-state index contributed by atoms with van der Waals surface area (Å²) in [6, 6.07) is 3.71. The molecule has 1 aliphatic heterocycles. The van der Waals surface area contributed by atoms with Gasteiger partial charge in [0.05, 0.1) is 0 Å². The molecule has 3 heterocycles. The van der Waals surface area contributed by atoms with Gasteiger partial charge in [-0.3, -0.25) is 4.99 Å². The lowest BCUT2D eigenvalue weighted by molar-refractivity contribution is 0.418. The van der Waals surface area contributed by atoms with Gasteiger partial charge in [0.2, 0.25) is 5.95 Å². The van der Waals surface area contributed by atoms with E-state index in [9.17, 15) is 0 Å². The molecule has 2 aromatic heterocycles. The molecule has 1 atom stereocenters. The first kappa shape index (κ1) is 19.6. The van der Waals surface area contributed by atoms with Gasteiger partial charge >= 0.3 is 0 Å². The number of benzene rings is 1. The van der Waals surface area contributed by atoms with Crippen LogP contribution in [0.25, 0.3) is 22.2 Å². The van der Waals surface area contributed by atoms with E-state index in [2.05, 4.69) is 45.2 Å². The maximum absolute atomic E-state index is 15.1. The van der Waals surface area contributed by atoms with E-state index in [1.807, 2.05) is 13.1 Å². The number of aromatic amines is 1. The minimum atomic E-state index is -0.256. The average Bonchev–Trinajstić information content (AvgIpc) is 3.28. The first-order chi connectivity index (χ1) is 14.1. The molecule has 1 aliphatic rings. The smallest absolute Gasteiger partial charge is 0.224 e. The minimum Gasteiger partial charge on any atom is -0.357 e. The van der Waals surface area contributed by atoms with Crippen molar-refractivity contribution in [3.8, 4) is 11.1 Å². The molecule has 1 unspecified atom stereocenters. The molecule has 2 N–H and O–H groups in total. The number of fused-ring (bicyclic) bond motifs is 2. The molecule has 0 aliphatic carbocycles. The van der Waals surface area contributed by atoms with Crippen molar-refractivity contribution in [3.05, 3.63) is 35.9 Å². The summed E-state index contributed by atoms with van der Waals surface area (Å²) >= 11 is 0. The Balaban J connectivity index is 1.81. The highest BCUT2D eigenvalue weighted by molar-refractivity contribution is 5.99. The summed E-state index contributed by atoms with van der Waals surface area (Å²) in [6.45, 7) is 6.47. The maximum Gasteiger partial charge on any atom is 0.224 e. The van der Waals surface area contributed by atoms with Crippen LogP contribution in [0.15, 0.2) is 29.5 Å². The number of anilines is 1. The topological polar surface area (TPSA) is 66.0 Å². The molecule has 6 heteroatoms. The molecular weight excluding hydrogens is 365 g/mol. The monoisotopic (exact) mass is 393 g/mol. The van der Waals surface area contributed by atoms with Crippen molar-refractivity contribution in [2.45, 2.75) is 52.4 Å². The third kappa shape index (κ3) is 3.41. The highest BCUT2D eigenvalue weighted by Gasteiger charge is 2.33. The number of nitrogens with one attached hydrogen (secondary N) is 2. The zero-order chi connectivity index (χ0) is 20.5. The van der Waals surface area contributed by atoms with E-state index < -0.39 is 0 Å². The SMILES string of the molecule is CCCC(CCC)C1C(C)=Nc2c(F)cc(-c3c[nH]c4nc(NC)ncc34)cc21. The molecule has 0 amide bonds. The van der Waals surface area contributed by atoms with Crippen molar-refractivity contribution in [2.75, 3.05) is 12.4 Å². The third-order valence-corrected chi connectivity index (χ3v) is 5.92. The molecule has 3 aromatic rings. The van der Waals surface area contributed by atoms with Crippen molar-refractivity contribution in [2.24, 2.45) is 10.9 Å². The largest absolute Gasteiger partial charge is 0.357 e. The maximum atomic E-state index is 15.1. The van der Waals surface area contributed by atoms with Gasteiger partial charge < -0.3 is 10.3 Å². The van der Waals surface area contributed by atoms with E-state index in [1.165, 1.54) is 0 Å². The lowest BCUT2D eigenvalue weighted by Crippen LogP contribution is -2.17. The van der Waals surface area contributed by atoms with Gasteiger partial charge in [-0.2, -0.15) is 4.98 Å². The highest BCUT2D eigenvalue weighted by atomic mass is 19.1. The molecule has 0 saturated carbocycles. The Morgan fingerprint density at radius 3 is 2.66 bits per heavy atom. The van der Waals surface area contributed by atoms with E-state index in [-0.39, 0.29) is 11.7 Å². The number of hydrogen-bond donors (Lipinski definition) is 2. The fourth-order valence-corrected chi connectivity index (χ4v) is 4.68. The van der Waals surface area contributed by atoms with Crippen LogP contribution < -0.4 is 5.32 Å². The minimum absolute atomic E-state index is 0.191. The van der Waals surface area contributed by atoms with Crippen molar-refractivity contribution < 1.29 is 4.39 Å². The normalized spacial score (nSPS) is 15.8. The average molecular weight is 394 g/mol. The van der Waals surface area contributed by atoms with Gasteiger partial charge in [-0.25, -0.2) is 9.37 Å². The number of aliphatic imine (C=N–C) groups is 1. The van der Waals surface area contributed by atoms with Crippen LogP contribution in [0, 0.1) is 11.7 Å². The summed E-state index contributed by atoms with van der Waals surface area (Å²) in [5, 5.41) is 3.82. The van der Waals surface area contributed by atoms with Gasteiger partial charge in [0.1, 0.15) is 17.2 Å². The quantitative estimate of drug-likeness (QED) is 0.501. The van der Waals surface area contributed by atoms with Gasteiger partial charge in [-0.15, -0.1) is 0 Å². The van der Waals surface area contributed by atoms with Gasteiger partial charge in [-0.05, 0) is 48.9 Å². The summed E-state index contributed by atoms with van der Waals surface area (Å²) in [5.41, 5.74) is 5.06. The molecule has 1 aromatic carbocycles. The zero-order valence-corrected chi connectivity index (χ0v) is 17.5. The molecule has 0 fully saturated rings. The molecule has 0 radical (unpaired) electrons. The fraction of sp³-hybridized carbons (Fsp3) is 0.435. The van der Waals surface area contributed by atoms with Crippen LogP contribution in [-0.2, 0) is 0 Å². The van der Waals surface area contributed by atoms with Crippen LogP contribution in [0.5, 0.6) is 0 Å². The predicted molar refractivity (Wildman–Crippen MR) is 118 cm³/mol. The van der Waals surface area contributed by atoms with E-state index >= 15 is 4.39 Å². The first-order valence-corrected chi connectivity index (χ1v) is 10.5. The number of H-pyrrole nitrogens is 1. The van der Waals surface area contributed by atoms with Crippen molar-refractivity contribution in [1.82, 2.24) is 15.0 Å². The lowest BCUT2D eigenvalue weighted by Gasteiger charge is -2.24. The molecule has 0 bridgehead atoms. The lowest BCUT2D eigenvalue weighted by atomic mass is 9.78. The molecule has 29 heavy (non-hydrogen) atoms. The third-order valence-electron chi connectivity index (χ3n) is 5.92. The second kappa shape index (κ2) is 7.93. The van der Waals surface area contributed by atoms with Crippen LogP contribution in [0.4, 0.5) is 16.0 Å². The van der Waals surface area contributed by atoms with Crippen LogP contribution in [0.2, 0.25) is 0 Å².